The summed E-state index contributed by atoms with van der Waals surface area (Å²) in [5.41, 5.74) is 0.463. The maximum absolute atomic E-state index is 13.2. The van der Waals surface area contributed by atoms with E-state index in [0.717, 1.165) is 16.4 Å². The minimum atomic E-state index is -4.68. The second-order valence-electron chi connectivity index (χ2n) is 9.84. The Balaban J connectivity index is 2.08. The summed E-state index contributed by atoms with van der Waals surface area (Å²) in [5, 5.41) is 34.9. The van der Waals surface area contributed by atoms with Crippen molar-refractivity contribution in [2.24, 2.45) is 0 Å². The van der Waals surface area contributed by atoms with Crippen LogP contribution in [0.3, 0.4) is 0 Å². The fourth-order valence-electron chi connectivity index (χ4n) is 3.80. The molecule has 26 heteroatoms. The second kappa shape index (κ2) is 18.7. The van der Waals surface area contributed by atoms with Crippen LogP contribution in [0.1, 0.15) is 18.3 Å². The van der Waals surface area contributed by atoms with Gasteiger partial charge in [0, 0.05) is 31.0 Å². The third kappa shape index (κ3) is 15.0. The van der Waals surface area contributed by atoms with Gasteiger partial charge in [-0.2, -0.15) is 28.6 Å². The zero-order chi connectivity index (χ0) is 36.1. The molecule has 0 fully saturated rings. The summed E-state index contributed by atoms with van der Waals surface area (Å²) in [5.74, 6) is -3.60. The van der Waals surface area contributed by atoms with Gasteiger partial charge in [-0.3, -0.25) is 23.5 Å². The minimum absolute atomic E-state index is 0.00217. The van der Waals surface area contributed by atoms with Gasteiger partial charge >= 0.3 is 26.8 Å². The van der Waals surface area contributed by atoms with Gasteiger partial charge in [0.15, 0.2) is 0 Å². The molecule has 270 valence electrons. The number of nitrogens with zero attached hydrogens (tertiary/aromatic N) is 6. The lowest BCUT2D eigenvalue weighted by atomic mass is 10.1. The predicted molar refractivity (Wildman–Crippen MR) is 163 cm³/mol. The molecule has 2 heterocycles. The van der Waals surface area contributed by atoms with Crippen molar-refractivity contribution in [3.63, 3.8) is 0 Å². The van der Waals surface area contributed by atoms with E-state index in [2.05, 4.69) is 50.3 Å². The van der Waals surface area contributed by atoms with Crippen molar-refractivity contribution in [3.05, 3.63) is 23.8 Å². The number of carbonyl (C=O) groups is 4. The third-order valence-corrected chi connectivity index (χ3v) is 7.70. The zero-order valence-corrected chi connectivity index (χ0v) is 28.2. The van der Waals surface area contributed by atoms with Crippen molar-refractivity contribution in [1.29, 1.82) is 0 Å². The van der Waals surface area contributed by atoms with E-state index in [1.807, 2.05) is 0 Å². The monoisotopic (exact) mass is 744 g/mol. The molecule has 0 aliphatic carbocycles. The Morgan fingerprint density at radius 3 is 1.71 bits per heavy atom. The molecule has 0 aliphatic rings. The van der Waals surface area contributed by atoms with Crippen LogP contribution in [0.4, 0.5) is 0 Å². The first-order valence-corrected chi connectivity index (χ1v) is 17.8. The van der Waals surface area contributed by atoms with Crippen LogP contribution in [0.25, 0.3) is 0 Å². The van der Waals surface area contributed by atoms with Crippen molar-refractivity contribution < 1.29 is 58.6 Å². The molecule has 4 atom stereocenters. The van der Waals surface area contributed by atoms with Gasteiger partial charge in [-0.05, 0) is 20.2 Å². The van der Waals surface area contributed by atoms with E-state index in [9.17, 15) is 41.1 Å². The standard InChI is InChI=1S/C22H36N10O13S3/c1-13(24-20(34)16(23-2)8-14-10-31(29-27-14)4-6-44-47(38,39)40)19(33)25-17(21(35)26-18(12-46-3)22(36)37)9-15-11-32(30-28-15)5-7-45-48(41,42)43/h10-11,13,16-18,23H,4-9,12H2,1-3H3,(H,24,34)(H,25,33)(H,26,35)(H,36,37)(H,38,39,40)(H,41,42,43)/t13-,16-,17-,18-/m0/s1. The molecule has 48 heavy (non-hydrogen) atoms. The first-order chi connectivity index (χ1) is 22.4. The SMILES string of the molecule is CN[C@@H](Cc1cn(CCOS(=O)(=O)O)nn1)C(=O)N[C@@H](C)C(=O)N[C@@H](Cc1cn(CCOS(=O)(=O)O)nn1)C(=O)N[C@@H](CSC)C(=O)O. The third-order valence-electron chi connectivity index (χ3n) is 6.10. The Labute approximate surface area is 278 Å². The second-order valence-corrected chi connectivity index (χ2v) is 12.9. The number of carboxylic acid groups (broad SMARTS) is 1. The van der Waals surface area contributed by atoms with Crippen LogP contribution in [0.2, 0.25) is 0 Å². The number of likely N-dealkylation sites (N-methyl/N-ethyl adjacent to an activating group) is 1. The number of amides is 3. The van der Waals surface area contributed by atoms with Crippen molar-refractivity contribution in [2.45, 2.75) is 57.0 Å². The lowest BCUT2D eigenvalue weighted by Gasteiger charge is -2.23. The van der Waals surface area contributed by atoms with Gasteiger partial charge in [-0.25, -0.2) is 22.5 Å². The van der Waals surface area contributed by atoms with Crippen molar-refractivity contribution in [3.8, 4) is 0 Å². The van der Waals surface area contributed by atoms with E-state index in [0.29, 0.717) is 5.69 Å². The summed E-state index contributed by atoms with van der Waals surface area (Å²) in [7, 11) is -7.83. The molecule has 0 aromatic carbocycles. The number of carboxylic acids is 1. The maximum Gasteiger partial charge on any atom is 0.397 e. The molecule has 0 radical (unpaired) electrons. The van der Waals surface area contributed by atoms with Crippen LogP contribution >= 0.6 is 11.8 Å². The van der Waals surface area contributed by atoms with Crippen molar-refractivity contribution in [1.82, 2.24) is 51.3 Å². The summed E-state index contributed by atoms with van der Waals surface area (Å²) in [4.78, 5) is 50.9. The molecule has 0 unspecified atom stereocenters. The molecule has 0 bridgehead atoms. The Morgan fingerprint density at radius 1 is 0.812 bits per heavy atom. The molecule has 0 spiro atoms. The Bertz CT molecular complexity index is 1620. The highest BCUT2D eigenvalue weighted by Crippen LogP contribution is 2.05. The number of thioether (sulfide) groups is 1. The lowest BCUT2D eigenvalue weighted by Crippen LogP contribution is -2.57. The van der Waals surface area contributed by atoms with Gasteiger partial charge in [0.2, 0.25) is 17.7 Å². The topological polar surface area (TPSA) is 325 Å². The fourth-order valence-corrected chi connectivity index (χ4v) is 4.93. The number of aliphatic carboxylic acids is 1. The highest BCUT2D eigenvalue weighted by atomic mass is 32.3. The molecular formula is C22H36N10O13S3. The van der Waals surface area contributed by atoms with Crippen LogP contribution in [0, 0.1) is 0 Å². The molecule has 2 rings (SSSR count). The molecule has 0 saturated heterocycles. The number of aromatic nitrogens is 6. The Morgan fingerprint density at radius 2 is 1.27 bits per heavy atom. The van der Waals surface area contributed by atoms with Crippen molar-refractivity contribution >= 4 is 56.3 Å². The summed E-state index contributed by atoms with van der Waals surface area (Å²) < 4.78 is 71.0. The van der Waals surface area contributed by atoms with Crippen molar-refractivity contribution in [2.75, 3.05) is 32.3 Å². The first kappa shape index (κ1) is 40.4. The van der Waals surface area contributed by atoms with Gasteiger partial charge in [-0.1, -0.05) is 10.4 Å². The number of hydrogen-bond acceptors (Lipinski definition) is 16. The average Bonchev–Trinajstić information content (AvgIpc) is 3.62. The summed E-state index contributed by atoms with van der Waals surface area (Å²) in [6.07, 6.45) is 4.09. The number of nitrogens with one attached hydrogen (secondary N) is 4. The Kier molecular flexibility index (Phi) is 15.7. The van der Waals surface area contributed by atoms with Gasteiger partial charge < -0.3 is 26.4 Å². The minimum Gasteiger partial charge on any atom is -0.480 e. The van der Waals surface area contributed by atoms with E-state index in [4.69, 9.17) is 9.11 Å². The van der Waals surface area contributed by atoms with E-state index >= 15 is 0 Å². The highest BCUT2D eigenvalue weighted by molar-refractivity contribution is 7.98. The van der Waals surface area contributed by atoms with Gasteiger partial charge in [-0.15, -0.1) is 10.2 Å². The first-order valence-electron chi connectivity index (χ1n) is 13.7. The van der Waals surface area contributed by atoms with E-state index in [1.165, 1.54) is 31.0 Å². The summed E-state index contributed by atoms with van der Waals surface area (Å²) >= 11 is 1.16. The molecule has 0 aliphatic heterocycles. The van der Waals surface area contributed by atoms with E-state index in [1.54, 1.807) is 6.26 Å². The predicted octanol–water partition coefficient (Wildman–Crippen LogP) is -4.20. The van der Waals surface area contributed by atoms with Gasteiger partial charge in [0.1, 0.15) is 18.1 Å². The van der Waals surface area contributed by atoms with Gasteiger partial charge in [0.05, 0.1) is 43.7 Å². The fraction of sp³-hybridized carbons (Fsp3) is 0.636. The maximum atomic E-state index is 13.2. The van der Waals surface area contributed by atoms with Crippen LogP contribution < -0.4 is 21.3 Å². The zero-order valence-electron chi connectivity index (χ0n) is 25.7. The molecule has 7 N–H and O–H groups in total. The number of hydrogen-bond donors (Lipinski definition) is 7. The summed E-state index contributed by atoms with van der Waals surface area (Å²) in [6, 6.07) is -4.80. The van der Waals surface area contributed by atoms with Crippen LogP contribution in [-0.4, -0.2) is 141 Å². The normalized spacial score (nSPS) is 14.4. The molecule has 3 amide bonds. The van der Waals surface area contributed by atoms with Crippen LogP contribution in [0.15, 0.2) is 12.4 Å². The average molecular weight is 745 g/mol. The van der Waals surface area contributed by atoms with E-state index < -0.39 is 81.9 Å². The summed E-state index contributed by atoms with van der Waals surface area (Å²) in [6.45, 7) is 0.228. The molecule has 23 nitrogen and oxygen atoms in total. The quantitative estimate of drug-likeness (QED) is 0.0562. The number of rotatable bonds is 22. The molecule has 2 aromatic heterocycles. The highest BCUT2D eigenvalue weighted by Gasteiger charge is 2.30. The van der Waals surface area contributed by atoms with Crippen LogP contribution in [0.5, 0.6) is 0 Å². The van der Waals surface area contributed by atoms with Gasteiger partial charge in [0.25, 0.3) is 0 Å². The van der Waals surface area contributed by atoms with Crippen LogP contribution in [-0.2, 0) is 74.3 Å². The molecular weight excluding hydrogens is 709 g/mol. The lowest BCUT2D eigenvalue weighted by molar-refractivity contribution is -0.141. The Hall–Kier alpha value is -3.79. The molecule has 0 saturated carbocycles. The number of carbonyl (C=O) groups excluding carboxylic acids is 3. The van der Waals surface area contributed by atoms with E-state index in [-0.39, 0.29) is 37.4 Å². The smallest absolute Gasteiger partial charge is 0.397 e. The molecule has 2 aromatic rings. The largest absolute Gasteiger partial charge is 0.480 e.